The van der Waals surface area contributed by atoms with E-state index in [2.05, 4.69) is 10.3 Å². The molecule has 0 atom stereocenters. The highest BCUT2D eigenvalue weighted by molar-refractivity contribution is 6.04. The van der Waals surface area contributed by atoms with Gasteiger partial charge in [-0.3, -0.25) is 14.6 Å². The molecule has 0 aliphatic heterocycles. The number of carbonyl (C=O) groups excluding carboxylic acids is 2. The van der Waals surface area contributed by atoms with E-state index < -0.39 is 17.5 Å². The van der Waals surface area contributed by atoms with Crippen molar-refractivity contribution in [3.05, 3.63) is 59.4 Å². The highest BCUT2D eigenvalue weighted by Gasteiger charge is 2.16. The van der Waals surface area contributed by atoms with Crippen molar-refractivity contribution < 1.29 is 18.4 Å². The van der Waals surface area contributed by atoms with Crippen LogP contribution in [0.2, 0.25) is 0 Å². The Bertz CT molecular complexity index is 781. The second-order valence-corrected chi connectivity index (χ2v) is 5.59. The summed E-state index contributed by atoms with van der Waals surface area (Å²) < 4.78 is 26.5. The molecule has 132 valence electrons. The standard InChI is InChI=1S/C18H19F2N3O2/c1-3-4-9-23(2)18(25)12-7-8-21-16(10-12)17(24)22-15-6-5-13(19)11-14(15)20/h5-8,10-11H,3-4,9H2,1-2H3,(H,22,24). The number of aromatic nitrogens is 1. The molecule has 25 heavy (non-hydrogen) atoms. The zero-order valence-electron chi connectivity index (χ0n) is 14.1. The lowest BCUT2D eigenvalue weighted by atomic mass is 10.2. The minimum absolute atomic E-state index is 0.0292. The molecule has 0 saturated carbocycles. The maximum atomic E-state index is 13.6. The number of amides is 2. The number of nitrogens with one attached hydrogen (secondary N) is 1. The largest absolute Gasteiger partial charge is 0.342 e. The Morgan fingerprint density at radius 1 is 1.20 bits per heavy atom. The Balaban J connectivity index is 2.14. The maximum absolute atomic E-state index is 13.6. The zero-order valence-corrected chi connectivity index (χ0v) is 14.1. The molecule has 0 saturated heterocycles. The molecule has 2 aromatic rings. The molecule has 0 radical (unpaired) electrons. The van der Waals surface area contributed by atoms with Crippen LogP contribution < -0.4 is 5.32 Å². The van der Waals surface area contributed by atoms with E-state index in [0.29, 0.717) is 18.2 Å². The van der Waals surface area contributed by atoms with Crippen LogP contribution in [-0.2, 0) is 0 Å². The highest BCUT2D eigenvalue weighted by atomic mass is 19.1. The van der Waals surface area contributed by atoms with E-state index in [-0.39, 0.29) is 17.3 Å². The average molecular weight is 347 g/mol. The lowest BCUT2D eigenvalue weighted by molar-refractivity contribution is 0.0793. The van der Waals surface area contributed by atoms with Gasteiger partial charge in [-0.05, 0) is 30.7 Å². The van der Waals surface area contributed by atoms with Crippen LogP contribution >= 0.6 is 0 Å². The summed E-state index contributed by atoms with van der Waals surface area (Å²) in [6.07, 6.45) is 3.19. The van der Waals surface area contributed by atoms with Gasteiger partial charge in [0, 0.05) is 31.4 Å². The van der Waals surface area contributed by atoms with E-state index in [9.17, 15) is 18.4 Å². The van der Waals surface area contributed by atoms with Crippen molar-refractivity contribution in [2.45, 2.75) is 19.8 Å². The third-order valence-electron chi connectivity index (χ3n) is 3.61. The van der Waals surface area contributed by atoms with Crippen molar-refractivity contribution in [2.75, 3.05) is 18.9 Å². The first-order valence-corrected chi connectivity index (χ1v) is 7.90. The molecular formula is C18H19F2N3O2. The molecule has 7 heteroatoms. The topological polar surface area (TPSA) is 62.3 Å². The molecule has 1 N–H and O–H groups in total. The number of anilines is 1. The van der Waals surface area contributed by atoms with Crippen LogP contribution in [0.15, 0.2) is 36.5 Å². The number of carbonyl (C=O) groups is 2. The van der Waals surface area contributed by atoms with Gasteiger partial charge < -0.3 is 10.2 Å². The van der Waals surface area contributed by atoms with Crippen molar-refractivity contribution >= 4 is 17.5 Å². The number of rotatable bonds is 6. The van der Waals surface area contributed by atoms with E-state index in [4.69, 9.17) is 0 Å². The molecule has 1 heterocycles. The fraction of sp³-hybridized carbons (Fsp3) is 0.278. The summed E-state index contributed by atoms with van der Waals surface area (Å²) in [5.74, 6) is -2.54. The molecular weight excluding hydrogens is 328 g/mol. The van der Waals surface area contributed by atoms with Gasteiger partial charge in [0.15, 0.2) is 0 Å². The molecule has 2 rings (SSSR count). The molecule has 0 aliphatic rings. The van der Waals surface area contributed by atoms with Crippen molar-refractivity contribution in [1.29, 1.82) is 0 Å². The smallest absolute Gasteiger partial charge is 0.274 e. The number of pyridine rings is 1. The van der Waals surface area contributed by atoms with Crippen LogP contribution in [0.4, 0.5) is 14.5 Å². The first-order chi connectivity index (χ1) is 11.9. The summed E-state index contributed by atoms with van der Waals surface area (Å²) in [6.45, 7) is 2.64. The van der Waals surface area contributed by atoms with Crippen molar-refractivity contribution in [3.8, 4) is 0 Å². The number of hydrogen-bond donors (Lipinski definition) is 1. The van der Waals surface area contributed by atoms with Crippen LogP contribution in [0.25, 0.3) is 0 Å². The predicted molar refractivity (Wildman–Crippen MR) is 90.4 cm³/mol. The molecule has 5 nitrogen and oxygen atoms in total. The summed E-state index contributed by atoms with van der Waals surface area (Å²) in [5, 5.41) is 2.32. The predicted octanol–water partition coefficient (Wildman–Crippen LogP) is 3.48. The van der Waals surface area contributed by atoms with Gasteiger partial charge >= 0.3 is 0 Å². The Labute approximate surface area is 144 Å². The third-order valence-corrected chi connectivity index (χ3v) is 3.61. The fourth-order valence-electron chi connectivity index (χ4n) is 2.18. The van der Waals surface area contributed by atoms with Crippen molar-refractivity contribution in [1.82, 2.24) is 9.88 Å². The van der Waals surface area contributed by atoms with Gasteiger partial charge in [0.25, 0.3) is 11.8 Å². The van der Waals surface area contributed by atoms with E-state index in [0.717, 1.165) is 25.0 Å². The quantitative estimate of drug-likeness (QED) is 0.870. The first-order valence-electron chi connectivity index (χ1n) is 7.90. The van der Waals surface area contributed by atoms with Crippen LogP contribution in [0, 0.1) is 11.6 Å². The lowest BCUT2D eigenvalue weighted by Crippen LogP contribution is -2.28. The summed E-state index contributed by atoms with van der Waals surface area (Å²) in [7, 11) is 1.69. The molecule has 1 aromatic heterocycles. The van der Waals surface area contributed by atoms with Crippen LogP contribution in [0.1, 0.15) is 40.6 Å². The molecule has 2 amide bonds. The maximum Gasteiger partial charge on any atom is 0.274 e. The van der Waals surface area contributed by atoms with Gasteiger partial charge in [0.1, 0.15) is 17.3 Å². The number of nitrogens with zero attached hydrogens (tertiary/aromatic N) is 2. The Morgan fingerprint density at radius 3 is 2.64 bits per heavy atom. The Morgan fingerprint density at radius 2 is 1.96 bits per heavy atom. The number of unbranched alkanes of at least 4 members (excludes halogenated alkanes) is 1. The number of hydrogen-bond acceptors (Lipinski definition) is 3. The number of benzene rings is 1. The zero-order chi connectivity index (χ0) is 18.4. The summed E-state index contributed by atoms with van der Waals surface area (Å²) in [6, 6.07) is 5.69. The monoisotopic (exact) mass is 347 g/mol. The van der Waals surface area contributed by atoms with Gasteiger partial charge in [0.2, 0.25) is 0 Å². The minimum atomic E-state index is -0.889. The minimum Gasteiger partial charge on any atom is -0.342 e. The average Bonchev–Trinajstić information content (AvgIpc) is 2.61. The van der Waals surface area contributed by atoms with Crippen LogP contribution in [0.5, 0.6) is 0 Å². The van der Waals surface area contributed by atoms with E-state index >= 15 is 0 Å². The van der Waals surface area contributed by atoms with Crippen LogP contribution in [-0.4, -0.2) is 35.3 Å². The fourth-order valence-corrected chi connectivity index (χ4v) is 2.18. The third kappa shape index (κ3) is 4.82. The molecule has 0 unspecified atom stereocenters. The van der Waals surface area contributed by atoms with Gasteiger partial charge in [-0.1, -0.05) is 13.3 Å². The molecule has 0 fully saturated rings. The highest BCUT2D eigenvalue weighted by Crippen LogP contribution is 2.16. The molecule has 0 spiro atoms. The molecule has 0 bridgehead atoms. The lowest BCUT2D eigenvalue weighted by Gasteiger charge is -2.17. The number of halogens is 2. The molecule has 0 aliphatic carbocycles. The Kier molecular flexibility index (Phi) is 6.16. The van der Waals surface area contributed by atoms with Crippen LogP contribution in [0.3, 0.4) is 0 Å². The first kappa shape index (κ1) is 18.5. The SMILES string of the molecule is CCCCN(C)C(=O)c1ccnc(C(=O)Nc2ccc(F)cc2F)c1. The summed E-state index contributed by atoms with van der Waals surface area (Å²) in [4.78, 5) is 30.0. The normalized spacial score (nSPS) is 10.4. The van der Waals surface area contributed by atoms with Gasteiger partial charge in [0.05, 0.1) is 5.69 Å². The van der Waals surface area contributed by atoms with E-state index in [1.165, 1.54) is 18.3 Å². The second-order valence-electron chi connectivity index (χ2n) is 5.59. The van der Waals surface area contributed by atoms with Gasteiger partial charge in [-0.15, -0.1) is 0 Å². The molecule has 1 aromatic carbocycles. The van der Waals surface area contributed by atoms with Crippen molar-refractivity contribution in [2.24, 2.45) is 0 Å². The van der Waals surface area contributed by atoms with Crippen molar-refractivity contribution in [3.63, 3.8) is 0 Å². The van der Waals surface area contributed by atoms with Gasteiger partial charge in [-0.2, -0.15) is 0 Å². The summed E-state index contributed by atoms with van der Waals surface area (Å²) in [5.41, 5.74) is 0.127. The van der Waals surface area contributed by atoms with Gasteiger partial charge in [-0.25, -0.2) is 8.78 Å². The van der Waals surface area contributed by atoms with E-state index in [1.807, 2.05) is 6.92 Å². The second kappa shape index (κ2) is 8.32. The summed E-state index contributed by atoms with van der Waals surface area (Å²) >= 11 is 0. The Hall–Kier alpha value is -2.83. The van der Waals surface area contributed by atoms with E-state index in [1.54, 1.807) is 11.9 Å².